The fraction of sp³-hybridized carbons (Fsp3) is 0.429. The molecule has 0 bridgehead atoms. The molecule has 1 aliphatic rings. The van der Waals surface area contributed by atoms with Crippen molar-refractivity contribution in [2.24, 2.45) is 5.73 Å². The Hall–Kier alpha value is -5.39. The number of rotatable bonds is 11. The Balaban J connectivity index is 1.62. The first-order valence-corrected chi connectivity index (χ1v) is 14.5. The maximum absolute atomic E-state index is 12.8. The van der Waals surface area contributed by atoms with Gasteiger partial charge in [-0.1, -0.05) is 11.6 Å². The molecule has 0 radical (unpaired) electrons. The zero-order valence-corrected chi connectivity index (χ0v) is 26.0. The second-order valence-electron chi connectivity index (χ2n) is 10.1. The Kier molecular flexibility index (Phi) is 11.0. The van der Waals surface area contributed by atoms with E-state index in [9.17, 15) is 24.9 Å². The third-order valence-corrected chi connectivity index (χ3v) is 7.48. The molecule has 46 heavy (non-hydrogen) atoms. The predicted molar refractivity (Wildman–Crippen MR) is 164 cm³/mol. The van der Waals surface area contributed by atoms with Crippen molar-refractivity contribution in [1.29, 1.82) is 10.5 Å². The maximum atomic E-state index is 12.8. The summed E-state index contributed by atoms with van der Waals surface area (Å²) in [5, 5.41) is 32.8. The van der Waals surface area contributed by atoms with Crippen LogP contribution in [0.5, 0.6) is 0 Å². The number of imidazole rings is 1. The van der Waals surface area contributed by atoms with E-state index >= 15 is 0 Å². The van der Waals surface area contributed by atoms with Gasteiger partial charge in [0.15, 0.2) is 17.2 Å². The number of carbonyl (C=O) groups excluding carboxylic acids is 3. The van der Waals surface area contributed by atoms with Crippen molar-refractivity contribution in [2.75, 3.05) is 49.4 Å². The Morgan fingerprint density at radius 2 is 2.00 bits per heavy atom. The molecule has 17 nitrogen and oxygen atoms in total. The van der Waals surface area contributed by atoms with Gasteiger partial charge in [-0.05, 0) is 31.9 Å². The quantitative estimate of drug-likeness (QED) is 0.171. The number of nitriles is 2. The number of nitrogens with two attached hydrogens (primary N) is 1. The highest BCUT2D eigenvalue weighted by Gasteiger charge is 2.35. The summed E-state index contributed by atoms with van der Waals surface area (Å²) in [4.78, 5) is 47.0. The fourth-order valence-electron chi connectivity index (χ4n) is 4.81. The van der Waals surface area contributed by atoms with Gasteiger partial charge in [0.25, 0.3) is 0 Å². The van der Waals surface area contributed by atoms with Gasteiger partial charge in [-0.25, -0.2) is 9.78 Å². The second kappa shape index (κ2) is 15.1. The van der Waals surface area contributed by atoms with Crippen molar-refractivity contribution in [1.82, 2.24) is 24.9 Å². The number of carbonyl (C=O) groups is 3. The summed E-state index contributed by atoms with van der Waals surface area (Å²) in [6, 6.07) is 5.66. The lowest BCUT2D eigenvalue weighted by Gasteiger charge is -2.39. The summed E-state index contributed by atoms with van der Waals surface area (Å²) in [6.45, 7) is 2.86. The third-order valence-electron chi connectivity index (χ3n) is 7.08. The molecule has 18 heteroatoms. The number of nitrogens with one attached hydrogen (secondary N) is 3. The lowest BCUT2D eigenvalue weighted by atomic mass is 10.00. The lowest BCUT2D eigenvalue weighted by Crippen LogP contribution is -2.55. The largest absolute Gasteiger partial charge is 0.468 e. The van der Waals surface area contributed by atoms with Gasteiger partial charge >= 0.3 is 18.0 Å². The molecule has 3 heterocycles. The number of esters is 2. The highest BCUT2D eigenvalue weighted by atomic mass is 35.5. The molecule has 1 saturated heterocycles. The Morgan fingerprint density at radius 3 is 2.67 bits per heavy atom. The van der Waals surface area contributed by atoms with E-state index < -0.39 is 36.2 Å². The first kappa shape index (κ1) is 33.5. The second-order valence-corrected chi connectivity index (χ2v) is 10.5. The predicted octanol–water partition coefficient (Wildman–Crippen LogP) is 1.82. The molecule has 1 fully saturated rings. The van der Waals surface area contributed by atoms with Crippen LogP contribution in [-0.4, -0.2) is 89.7 Å². The van der Waals surface area contributed by atoms with Crippen molar-refractivity contribution >= 4 is 58.4 Å². The number of anilines is 4. The van der Waals surface area contributed by atoms with Crippen LogP contribution in [0.2, 0.25) is 5.02 Å². The fourth-order valence-corrected chi connectivity index (χ4v) is 5.09. The molecular formula is C28H32ClN11O6. The summed E-state index contributed by atoms with van der Waals surface area (Å²) < 4.78 is 16.4. The molecule has 3 atom stereocenters. The maximum Gasteiger partial charge on any atom is 0.407 e. The number of aromatic nitrogens is 4. The Morgan fingerprint density at radius 1 is 1.22 bits per heavy atom. The molecule has 0 unspecified atom stereocenters. The first-order valence-electron chi connectivity index (χ1n) is 14.1. The van der Waals surface area contributed by atoms with Gasteiger partial charge < -0.3 is 40.8 Å². The van der Waals surface area contributed by atoms with Crippen LogP contribution in [0, 0.1) is 22.7 Å². The van der Waals surface area contributed by atoms with Crippen LogP contribution >= 0.6 is 11.6 Å². The number of piperidine rings is 1. The van der Waals surface area contributed by atoms with Gasteiger partial charge in [-0.3, -0.25) is 9.59 Å². The van der Waals surface area contributed by atoms with Crippen LogP contribution in [0.3, 0.4) is 0 Å². The molecule has 242 valence electrons. The topological polar surface area (TPSA) is 235 Å². The molecule has 4 rings (SSSR count). The zero-order valence-electron chi connectivity index (χ0n) is 25.2. The number of alkyl carbamates (subject to hydrolysis) is 1. The van der Waals surface area contributed by atoms with E-state index in [1.165, 1.54) is 31.0 Å². The van der Waals surface area contributed by atoms with Crippen molar-refractivity contribution in [3.8, 4) is 12.1 Å². The monoisotopic (exact) mass is 653 g/mol. The minimum absolute atomic E-state index is 0.000393. The average Bonchev–Trinajstić information content (AvgIpc) is 3.48. The Labute approximate surface area is 268 Å². The number of halogens is 1. The lowest BCUT2D eigenvalue weighted by molar-refractivity contribution is -0.151. The van der Waals surface area contributed by atoms with Gasteiger partial charge in [-0.2, -0.15) is 20.0 Å². The van der Waals surface area contributed by atoms with E-state index in [1.807, 2.05) is 17.9 Å². The normalized spacial score (nSPS) is 16.5. The van der Waals surface area contributed by atoms with Crippen LogP contribution in [0.1, 0.15) is 37.4 Å². The highest BCUT2D eigenvalue weighted by molar-refractivity contribution is 6.36. The van der Waals surface area contributed by atoms with E-state index in [0.717, 1.165) is 0 Å². The van der Waals surface area contributed by atoms with Crippen LogP contribution in [0.4, 0.5) is 27.9 Å². The minimum Gasteiger partial charge on any atom is -0.468 e. The van der Waals surface area contributed by atoms with Gasteiger partial charge in [0.05, 0.1) is 61.0 Å². The van der Waals surface area contributed by atoms with Crippen LogP contribution in [-0.2, 0) is 23.8 Å². The van der Waals surface area contributed by atoms with Crippen LogP contribution in [0.15, 0.2) is 18.3 Å². The number of methoxy groups -OCH3 is 2. The van der Waals surface area contributed by atoms with E-state index in [4.69, 9.17) is 26.8 Å². The van der Waals surface area contributed by atoms with Crippen LogP contribution < -0.4 is 26.6 Å². The smallest absolute Gasteiger partial charge is 0.407 e. The number of benzene rings is 1. The molecule has 5 N–H and O–H groups in total. The molecule has 1 amide bonds. The van der Waals surface area contributed by atoms with Crippen molar-refractivity contribution < 1.29 is 28.6 Å². The molecule has 0 aliphatic carbocycles. The van der Waals surface area contributed by atoms with Crippen molar-refractivity contribution in [2.45, 2.75) is 44.4 Å². The number of hydrogen-bond donors (Lipinski definition) is 4. The highest BCUT2D eigenvalue weighted by Crippen LogP contribution is 2.37. The number of amides is 1. The van der Waals surface area contributed by atoms with E-state index in [0.29, 0.717) is 42.4 Å². The summed E-state index contributed by atoms with van der Waals surface area (Å²) in [7, 11) is 2.42. The summed E-state index contributed by atoms with van der Waals surface area (Å²) in [6.07, 6.45) is -0.0125. The van der Waals surface area contributed by atoms with Gasteiger partial charge in [0.1, 0.15) is 18.2 Å². The number of nitrogens with zero attached hydrogens (tertiary/aromatic N) is 7. The summed E-state index contributed by atoms with van der Waals surface area (Å²) in [5.74, 6) is -0.829. The zero-order chi connectivity index (χ0) is 33.4. The third kappa shape index (κ3) is 7.63. The first-order chi connectivity index (χ1) is 22.1. The number of ether oxygens (including phenoxy) is 3. The van der Waals surface area contributed by atoms with E-state index in [2.05, 4.69) is 41.8 Å². The molecule has 0 spiro atoms. The molecule has 3 aromatic rings. The number of hydrogen-bond acceptors (Lipinski definition) is 15. The minimum atomic E-state index is -0.998. The molecule has 0 saturated carbocycles. The Bertz CT molecular complexity index is 1700. The van der Waals surface area contributed by atoms with Crippen molar-refractivity contribution in [3.05, 3.63) is 34.6 Å². The van der Waals surface area contributed by atoms with Gasteiger partial charge in [0, 0.05) is 19.5 Å². The van der Waals surface area contributed by atoms with Gasteiger partial charge in [0.2, 0.25) is 5.95 Å². The molecule has 1 aromatic carbocycles. The summed E-state index contributed by atoms with van der Waals surface area (Å²) in [5.41, 5.74) is 7.30. The average molecular weight is 654 g/mol. The van der Waals surface area contributed by atoms with E-state index in [1.54, 1.807) is 6.07 Å². The molecule has 2 aromatic heterocycles. The van der Waals surface area contributed by atoms with Gasteiger partial charge in [-0.15, -0.1) is 5.10 Å². The SMILES string of the molecule is CCNc1nc(Nc2cc(C#N)cc(N3CC[C@@H](NC(=O)OC)[C@H](OC(=O)CC[C@H](N)C(=O)OC)C3)c2Cl)nn2c(C#N)cnc12. The van der Waals surface area contributed by atoms with Crippen molar-refractivity contribution in [3.63, 3.8) is 0 Å². The molecular weight excluding hydrogens is 622 g/mol. The summed E-state index contributed by atoms with van der Waals surface area (Å²) >= 11 is 6.89. The van der Waals surface area contributed by atoms with Crippen LogP contribution in [0.25, 0.3) is 5.65 Å². The van der Waals surface area contributed by atoms with E-state index in [-0.39, 0.29) is 41.6 Å². The number of fused-ring (bicyclic) bond motifs is 1. The molecule has 1 aliphatic heterocycles. The standard InChI is InChI=1S/C28H32ClN11O6/c1-4-33-24-25-34-13-16(12-31)40(25)38-27(37-24)35-19-9-15(11-30)10-20(23(19)29)39-8-7-18(36-28(43)45-3)21(14-39)46-22(41)6-5-17(32)26(42)44-2/h9-10,13,17-18,21H,4-8,14,32H2,1-3H3,(H,36,43)(H2,33,35,37,38)/t17-,18+,21+/m0/s1.